The van der Waals surface area contributed by atoms with Gasteiger partial charge in [0.25, 0.3) is 11.8 Å². The second-order valence-electron chi connectivity index (χ2n) is 6.95. The summed E-state index contributed by atoms with van der Waals surface area (Å²) in [5.74, 6) is -0.145. The van der Waals surface area contributed by atoms with Gasteiger partial charge in [0.1, 0.15) is 0 Å². The molecule has 1 saturated heterocycles. The van der Waals surface area contributed by atoms with E-state index in [9.17, 15) is 9.59 Å². The molecule has 2 heterocycles. The van der Waals surface area contributed by atoms with E-state index in [2.05, 4.69) is 10.2 Å². The second kappa shape index (κ2) is 7.74. The van der Waals surface area contributed by atoms with Gasteiger partial charge in [-0.1, -0.05) is 23.9 Å². The molecular formula is C21H23N3O2S. The minimum absolute atomic E-state index is 0.0524. The van der Waals surface area contributed by atoms with Crippen LogP contribution in [0.5, 0.6) is 0 Å². The largest absolute Gasteiger partial charge is 0.351 e. The number of anilines is 1. The predicted octanol–water partition coefficient (Wildman–Crippen LogP) is 3.25. The van der Waals surface area contributed by atoms with Crippen molar-refractivity contribution < 1.29 is 9.59 Å². The van der Waals surface area contributed by atoms with Crippen LogP contribution in [0.25, 0.3) is 0 Å². The summed E-state index contributed by atoms with van der Waals surface area (Å²) >= 11 is 1.57. The summed E-state index contributed by atoms with van der Waals surface area (Å²) in [4.78, 5) is 31.3. The van der Waals surface area contributed by atoms with E-state index >= 15 is 0 Å². The van der Waals surface area contributed by atoms with E-state index in [0.29, 0.717) is 17.7 Å². The van der Waals surface area contributed by atoms with Crippen molar-refractivity contribution in [1.29, 1.82) is 0 Å². The Morgan fingerprint density at radius 2 is 1.89 bits per heavy atom. The van der Waals surface area contributed by atoms with Gasteiger partial charge in [0.2, 0.25) is 0 Å². The summed E-state index contributed by atoms with van der Waals surface area (Å²) < 4.78 is 0. The third-order valence-electron chi connectivity index (χ3n) is 5.14. The first kappa shape index (κ1) is 18.1. The van der Waals surface area contributed by atoms with Gasteiger partial charge >= 0.3 is 0 Å². The smallest absolute Gasteiger partial charge is 0.259 e. The first-order valence-electron chi connectivity index (χ1n) is 9.33. The van der Waals surface area contributed by atoms with Crippen LogP contribution in [0.3, 0.4) is 0 Å². The van der Waals surface area contributed by atoms with E-state index in [1.54, 1.807) is 23.7 Å². The maximum atomic E-state index is 12.8. The Balaban J connectivity index is 1.51. The zero-order chi connectivity index (χ0) is 18.8. The number of hydrogen-bond donors (Lipinski definition) is 1. The highest BCUT2D eigenvalue weighted by Gasteiger charge is 2.25. The molecule has 0 aliphatic carbocycles. The fraction of sp³-hybridized carbons (Fsp3) is 0.333. The van der Waals surface area contributed by atoms with Crippen LogP contribution in [0.15, 0.2) is 52.3 Å². The third-order valence-corrected chi connectivity index (χ3v) is 6.28. The van der Waals surface area contributed by atoms with Crippen molar-refractivity contribution in [2.45, 2.75) is 22.6 Å². The molecule has 2 aliphatic heterocycles. The van der Waals surface area contributed by atoms with Crippen LogP contribution in [-0.4, -0.2) is 49.9 Å². The van der Waals surface area contributed by atoms with E-state index in [1.807, 2.05) is 42.5 Å². The molecule has 0 unspecified atom stereocenters. The summed E-state index contributed by atoms with van der Waals surface area (Å²) in [5.41, 5.74) is 2.05. The van der Waals surface area contributed by atoms with Crippen molar-refractivity contribution >= 4 is 29.3 Å². The lowest BCUT2D eigenvalue weighted by molar-refractivity contribution is 0.0947. The molecule has 0 aromatic heterocycles. The Morgan fingerprint density at radius 1 is 1.11 bits per heavy atom. The number of fused-ring (bicyclic) bond motifs is 2. The van der Waals surface area contributed by atoms with Crippen LogP contribution >= 0.6 is 11.8 Å². The van der Waals surface area contributed by atoms with E-state index in [4.69, 9.17) is 0 Å². The molecular weight excluding hydrogens is 358 g/mol. The van der Waals surface area contributed by atoms with Crippen LogP contribution in [0, 0.1) is 0 Å². The number of amides is 2. The lowest BCUT2D eigenvalue weighted by Gasteiger charge is -2.18. The fourth-order valence-corrected chi connectivity index (χ4v) is 4.67. The summed E-state index contributed by atoms with van der Waals surface area (Å²) in [7, 11) is 1.76. The van der Waals surface area contributed by atoms with E-state index in [-0.39, 0.29) is 11.8 Å². The normalized spacial score (nSPS) is 16.6. The number of benzene rings is 2. The van der Waals surface area contributed by atoms with Gasteiger partial charge < -0.3 is 15.1 Å². The van der Waals surface area contributed by atoms with Crippen LogP contribution in [-0.2, 0) is 0 Å². The Hall–Kier alpha value is -2.31. The van der Waals surface area contributed by atoms with Gasteiger partial charge in [0.15, 0.2) is 0 Å². The molecule has 1 fully saturated rings. The first-order valence-corrected chi connectivity index (χ1v) is 10.1. The van der Waals surface area contributed by atoms with Gasteiger partial charge in [-0.25, -0.2) is 0 Å². The molecule has 0 spiro atoms. The van der Waals surface area contributed by atoms with Gasteiger partial charge in [-0.3, -0.25) is 9.59 Å². The molecule has 1 N–H and O–H groups in total. The lowest BCUT2D eigenvalue weighted by atomic mass is 10.1. The maximum Gasteiger partial charge on any atom is 0.259 e. The molecule has 0 saturated carbocycles. The number of nitrogens with zero attached hydrogens (tertiary/aromatic N) is 2. The van der Waals surface area contributed by atoms with E-state index in [1.165, 1.54) is 12.8 Å². The highest BCUT2D eigenvalue weighted by Crippen LogP contribution is 2.41. The zero-order valence-electron chi connectivity index (χ0n) is 15.4. The molecule has 2 aromatic carbocycles. The van der Waals surface area contributed by atoms with Crippen molar-refractivity contribution in [2.24, 2.45) is 0 Å². The molecule has 2 aromatic rings. The number of carbonyl (C=O) groups is 2. The molecule has 27 heavy (non-hydrogen) atoms. The molecule has 140 valence electrons. The van der Waals surface area contributed by atoms with Crippen molar-refractivity contribution in [3.8, 4) is 0 Å². The zero-order valence-corrected chi connectivity index (χ0v) is 16.2. The summed E-state index contributed by atoms with van der Waals surface area (Å²) in [6.07, 6.45) is 2.50. The summed E-state index contributed by atoms with van der Waals surface area (Å²) in [5, 5.41) is 3.00. The minimum atomic E-state index is -0.0930. The van der Waals surface area contributed by atoms with E-state index in [0.717, 1.165) is 35.1 Å². The van der Waals surface area contributed by atoms with Crippen LogP contribution in [0.2, 0.25) is 0 Å². The third kappa shape index (κ3) is 3.73. The molecule has 2 aliphatic rings. The second-order valence-corrected chi connectivity index (χ2v) is 8.03. The predicted molar refractivity (Wildman–Crippen MR) is 108 cm³/mol. The topological polar surface area (TPSA) is 52.7 Å². The fourth-order valence-electron chi connectivity index (χ4n) is 3.58. The van der Waals surface area contributed by atoms with Gasteiger partial charge in [-0.05, 0) is 56.3 Å². The Kier molecular flexibility index (Phi) is 5.18. The Labute approximate surface area is 163 Å². The molecule has 0 bridgehead atoms. The SMILES string of the molecule is CN1C(=O)c2ccccc2Sc2ccc(C(=O)NCCN3CCCC3)cc21. The van der Waals surface area contributed by atoms with Crippen molar-refractivity contribution in [1.82, 2.24) is 10.2 Å². The number of nitrogens with one attached hydrogen (secondary N) is 1. The average molecular weight is 382 g/mol. The molecule has 5 nitrogen and oxygen atoms in total. The summed E-state index contributed by atoms with van der Waals surface area (Å²) in [6.45, 7) is 3.78. The van der Waals surface area contributed by atoms with Crippen molar-refractivity contribution in [2.75, 3.05) is 38.1 Å². The molecule has 6 heteroatoms. The van der Waals surface area contributed by atoms with E-state index < -0.39 is 0 Å². The van der Waals surface area contributed by atoms with Crippen molar-refractivity contribution in [3.05, 3.63) is 53.6 Å². The standard InChI is InChI=1S/C21H23N3O2S/c1-23-17-14-15(20(25)22-10-13-24-11-4-5-12-24)8-9-19(17)27-18-7-3-2-6-16(18)21(23)26/h2-3,6-9,14H,4-5,10-13H2,1H3,(H,22,25). The molecule has 2 amide bonds. The number of hydrogen-bond acceptors (Lipinski definition) is 4. The molecule has 4 rings (SSSR count). The monoisotopic (exact) mass is 381 g/mol. The quantitative estimate of drug-likeness (QED) is 0.883. The Bertz CT molecular complexity index is 877. The van der Waals surface area contributed by atoms with Crippen LogP contribution < -0.4 is 10.2 Å². The lowest BCUT2D eigenvalue weighted by Crippen LogP contribution is -2.33. The number of carbonyl (C=O) groups excluding carboxylic acids is 2. The summed E-state index contributed by atoms with van der Waals surface area (Å²) in [6, 6.07) is 13.2. The Morgan fingerprint density at radius 3 is 2.70 bits per heavy atom. The average Bonchev–Trinajstić information content (AvgIpc) is 3.17. The molecule has 0 atom stereocenters. The highest BCUT2D eigenvalue weighted by molar-refractivity contribution is 7.99. The maximum absolute atomic E-state index is 12.8. The first-order chi connectivity index (χ1) is 13.1. The minimum Gasteiger partial charge on any atom is -0.351 e. The highest BCUT2D eigenvalue weighted by atomic mass is 32.2. The van der Waals surface area contributed by atoms with Gasteiger partial charge in [0, 0.05) is 35.5 Å². The number of likely N-dealkylation sites (tertiary alicyclic amines) is 1. The van der Waals surface area contributed by atoms with Gasteiger partial charge in [-0.15, -0.1) is 0 Å². The van der Waals surface area contributed by atoms with Crippen LogP contribution in [0.1, 0.15) is 33.6 Å². The number of rotatable bonds is 4. The van der Waals surface area contributed by atoms with Crippen LogP contribution in [0.4, 0.5) is 5.69 Å². The van der Waals surface area contributed by atoms with Crippen molar-refractivity contribution in [3.63, 3.8) is 0 Å². The molecule has 0 radical (unpaired) electrons. The van der Waals surface area contributed by atoms with Gasteiger partial charge in [-0.2, -0.15) is 0 Å². The van der Waals surface area contributed by atoms with Gasteiger partial charge in [0.05, 0.1) is 11.3 Å².